The van der Waals surface area contributed by atoms with Crippen molar-refractivity contribution >= 4 is 33.3 Å². The molecule has 1 amide bonds. The molecular weight excluding hydrogens is 325 g/mol. The number of nitrogens with zero attached hydrogens (tertiary/aromatic N) is 1. The van der Waals surface area contributed by atoms with Crippen molar-refractivity contribution in [1.82, 2.24) is 4.98 Å². The number of halogens is 2. The molecule has 4 nitrogen and oxygen atoms in total. The minimum atomic E-state index is -0.505. The lowest BCUT2D eigenvalue weighted by Gasteiger charge is -2.08. The number of hydrogen-bond donors (Lipinski definition) is 2. The fourth-order valence-electron chi connectivity index (χ4n) is 1.63. The van der Waals surface area contributed by atoms with Crippen molar-refractivity contribution in [1.29, 1.82) is 0 Å². The van der Waals surface area contributed by atoms with Crippen LogP contribution in [0.25, 0.3) is 0 Å². The molecule has 1 aromatic heterocycles. The average molecular weight is 338 g/mol. The van der Waals surface area contributed by atoms with E-state index in [1.807, 2.05) is 6.92 Å². The van der Waals surface area contributed by atoms with Crippen LogP contribution in [0.1, 0.15) is 21.5 Å². The van der Waals surface area contributed by atoms with Crippen molar-refractivity contribution in [2.75, 3.05) is 11.1 Å². The van der Waals surface area contributed by atoms with Crippen LogP contribution in [0.3, 0.4) is 0 Å². The van der Waals surface area contributed by atoms with Gasteiger partial charge in [-0.1, -0.05) is 0 Å². The Morgan fingerprint density at radius 1 is 1.35 bits per heavy atom. The number of hydrogen-bond acceptors (Lipinski definition) is 3. The fraction of sp³-hybridized carbons (Fsp3) is 0.143. The van der Waals surface area contributed by atoms with Gasteiger partial charge in [0.1, 0.15) is 11.6 Å². The third-order valence-electron chi connectivity index (χ3n) is 2.94. The van der Waals surface area contributed by atoms with E-state index in [9.17, 15) is 9.18 Å². The molecule has 2 rings (SSSR count). The van der Waals surface area contributed by atoms with Gasteiger partial charge in [0.15, 0.2) is 0 Å². The highest BCUT2D eigenvalue weighted by molar-refractivity contribution is 9.10. The molecule has 2 aromatic rings. The lowest BCUT2D eigenvalue weighted by atomic mass is 10.1. The van der Waals surface area contributed by atoms with Gasteiger partial charge in [0, 0.05) is 27.5 Å². The summed E-state index contributed by atoms with van der Waals surface area (Å²) in [5.41, 5.74) is 7.33. The molecule has 0 bridgehead atoms. The van der Waals surface area contributed by atoms with Crippen molar-refractivity contribution in [3.05, 3.63) is 51.4 Å². The summed E-state index contributed by atoms with van der Waals surface area (Å²) in [7, 11) is 0. The summed E-state index contributed by atoms with van der Waals surface area (Å²) in [5.74, 6) is -0.560. The topological polar surface area (TPSA) is 68.0 Å². The van der Waals surface area contributed by atoms with Crippen molar-refractivity contribution in [2.45, 2.75) is 13.8 Å². The van der Waals surface area contributed by atoms with Gasteiger partial charge in [-0.25, -0.2) is 9.37 Å². The summed E-state index contributed by atoms with van der Waals surface area (Å²) in [6, 6.07) is 4.32. The van der Waals surface area contributed by atoms with Gasteiger partial charge >= 0.3 is 0 Å². The van der Waals surface area contributed by atoms with E-state index in [0.717, 1.165) is 16.1 Å². The third kappa shape index (κ3) is 2.96. The Bertz CT molecular complexity index is 665. The minimum absolute atomic E-state index is 0.160. The normalized spacial score (nSPS) is 10.4. The Hall–Kier alpha value is -1.95. The second-order valence-corrected chi connectivity index (χ2v) is 5.30. The van der Waals surface area contributed by atoms with Gasteiger partial charge in [0.25, 0.3) is 5.91 Å². The number of aryl methyl sites for hydroxylation is 1. The molecule has 3 N–H and O–H groups in total. The monoisotopic (exact) mass is 337 g/mol. The smallest absolute Gasteiger partial charge is 0.256 e. The van der Waals surface area contributed by atoms with Crippen LogP contribution in [0, 0.1) is 19.7 Å². The third-order valence-corrected chi connectivity index (χ3v) is 3.77. The van der Waals surface area contributed by atoms with Crippen LogP contribution in [0.2, 0.25) is 0 Å². The molecule has 0 saturated heterocycles. The summed E-state index contributed by atoms with van der Waals surface area (Å²) in [6.07, 6.45) is 1.59. The maximum absolute atomic E-state index is 13.6. The molecule has 0 aliphatic rings. The first-order valence-corrected chi connectivity index (χ1v) is 6.67. The highest BCUT2D eigenvalue weighted by Gasteiger charge is 2.12. The largest absolute Gasteiger partial charge is 0.398 e. The number of nitrogen functional groups attached to an aromatic ring is 1. The van der Waals surface area contributed by atoms with Gasteiger partial charge < -0.3 is 11.1 Å². The molecule has 1 aromatic carbocycles. The van der Waals surface area contributed by atoms with Crippen molar-refractivity contribution in [2.24, 2.45) is 0 Å². The summed E-state index contributed by atoms with van der Waals surface area (Å²) in [5, 5.41) is 2.61. The first kappa shape index (κ1) is 14.5. The Morgan fingerprint density at radius 2 is 2.05 bits per heavy atom. The van der Waals surface area contributed by atoms with Gasteiger partial charge in [-0.2, -0.15) is 0 Å². The summed E-state index contributed by atoms with van der Waals surface area (Å²) in [6.45, 7) is 3.44. The number of carbonyl (C=O) groups excluding carboxylic acids is 1. The van der Waals surface area contributed by atoms with Crippen LogP contribution in [-0.2, 0) is 0 Å². The number of amides is 1. The fourth-order valence-corrected chi connectivity index (χ4v) is 1.84. The Morgan fingerprint density at radius 3 is 2.65 bits per heavy atom. The van der Waals surface area contributed by atoms with E-state index in [4.69, 9.17) is 5.73 Å². The van der Waals surface area contributed by atoms with E-state index in [1.54, 1.807) is 19.2 Å². The number of anilines is 2. The Balaban J connectivity index is 2.26. The number of pyridine rings is 1. The molecule has 0 aliphatic heterocycles. The van der Waals surface area contributed by atoms with Crippen LogP contribution < -0.4 is 11.1 Å². The lowest BCUT2D eigenvalue weighted by Crippen LogP contribution is -2.14. The quantitative estimate of drug-likeness (QED) is 0.825. The minimum Gasteiger partial charge on any atom is -0.398 e. The van der Waals surface area contributed by atoms with Gasteiger partial charge in [-0.3, -0.25) is 4.79 Å². The zero-order valence-electron chi connectivity index (χ0n) is 11.0. The van der Waals surface area contributed by atoms with Gasteiger partial charge in [-0.15, -0.1) is 0 Å². The predicted octanol–water partition coefficient (Wildman–Crippen LogP) is 3.43. The number of nitrogens with one attached hydrogen (secondary N) is 1. The average Bonchev–Trinajstić information content (AvgIpc) is 2.39. The summed E-state index contributed by atoms with van der Waals surface area (Å²) < 4.78 is 14.4. The molecule has 6 heteroatoms. The molecule has 0 radical (unpaired) electrons. The molecule has 0 spiro atoms. The van der Waals surface area contributed by atoms with Gasteiger partial charge in [-0.05, 0) is 53.5 Å². The van der Waals surface area contributed by atoms with E-state index in [-0.39, 0.29) is 11.3 Å². The summed E-state index contributed by atoms with van der Waals surface area (Å²) >= 11 is 3.33. The molecular formula is C14H13BrFN3O. The van der Waals surface area contributed by atoms with Crippen LogP contribution >= 0.6 is 15.9 Å². The number of carbonyl (C=O) groups is 1. The van der Waals surface area contributed by atoms with E-state index in [0.29, 0.717) is 11.4 Å². The molecule has 1 heterocycles. The number of aromatic nitrogens is 1. The molecule has 0 fully saturated rings. The second kappa shape index (κ2) is 5.58. The number of rotatable bonds is 2. The number of nitrogens with two attached hydrogens (primary N) is 1. The molecule has 0 unspecified atom stereocenters. The predicted molar refractivity (Wildman–Crippen MR) is 80.2 cm³/mol. The zero-order valence-corrected chi connectivity index (χ0v) is 12.6. The molecule has 104 valence electrons. The maximum atomic E-state index is 13.6. The van der Waals surface area contributed by atoms with Crippen LogP contribution in [-0.4, -0.2) is 10.9 Å². The molecule has 0 aliphatic carbocycles. The van der Waals surface area contributed by atoms with Crippen LogP contribution in [0.4, 0.5) is 15.9 Å². The zero-order chi connectivity index (χ0) is 14.9. The van der Waals surface area contributed by atoms with E-state index < -0.39 is 11.7 Å². The van der Waals surface area contributed by atoms with Crippen molar-refractivity contribution < 1.29 is 9.18 Å². The molecule has 20 heavy (non-hydrogen) atoms. The Kier molecular flexibility index (Phi) is 4.04. The van der Waals surface area contributed by atoms with Gasteiger partial charge in [0.05, 0.1) is 0 Å². The SMILES string of the molecule is Cc1cc(NC(=O)c2cc(N)c(C)c(F)c2)ncc1Br. The summed E-state index contributed by atoms with van der Waals surface area (Å²) in [4.78, 5) is 16.1. The van der Waals surface area contributed by atoms with Crippen molar-refractivity contribution in [3.63, 3.8) is 0 Å². The Labute approximate surface area is 124 Å². The maximum Gasteiger partial charge on any atom is 0.256 e. The lowest BCUT2D eigenvalue weighted by molar-refractivity contribution is 0.102. The second-order valence-electron chi connectivity index (χ2n) is 4.45. The van der Waals surface area contributed by atoms with Crippen molar-refractivity contribution in [3.8, 4) is 0 Å². The van der Waals surface area contributed by atoms with E-state index in [2.05, 4.69) is 26.2 Å². The molecule has 0 saturated carbocycles. The first-order valence-electron chi connectivity index (χ1n) is 5.87. The van der Waals surface area contributed by atoms with Crippen LogP contribution in [0.15, 0.2) is 28.9 Å². The highest BCUT2D eigenvalue weighted by Crippen LogP contribution is 2.20. The van der Waals surface area contributed by atoms with Gasteiger partial charge in [0.2, 0.25) is 0 Å². The number of benzene rings is 1. The first-order chi connectivity index (χ1) is 9.38. The highest BCUT2D eigenvalue weighted by atomic mass is 79.9. The van der Waals surface area contributed by atoms with Crippen LogP contribution in [0.5, 0.6) is 0 Å². The van der Waals surface area contributed by atoms with E-state index in [1.165, 1.54) is 6.07 Å². The molecule has 0 atom stereocenters. The van der Waals surface area contributed by atoms with E-state index >= 15 is 0 Å². The standard InChI is InChI=1S/C14H13BrFN3O/c1-7-3-13(18-6-10(7)15)19-14(20)9-4-11(16)8(2)12(17)5-9/h3-6H,17H2,1-2H3,(H,18,19,20).